The van der Waals surface area contributed by atoms with Gasteiger partial charge in [0.05, 0.1) is 5.02 Å². The molecular formula is C16H21ClFNO2. The van der Waals surface area contributed by atoms with Crippen LogP contribution in [0.25, 0.3) is 0 Å². The molecule has 5 heteroatoms. The molecule has 0 spiro atoms. The number of benzene rings is 1. The Hall–Kier alpha value is -1.29. The molecule has 1 aromatic carbocycles. The standard InChI is InChI=1S/C16H21ClFNO2/c1-10-6-11(2)9-19(8-10)16(20)12(3)21-15-5-4-13(18)7-14(15)17/h4-5,7,10-12H,6,8-9H2,1-3H3. The topological polar surface area (TPSA) is 29.5 Å². The van der Waals surface area contributed by atoms with Gasteiger partial charge in [-0.3, -0.25) is 4.79 Å². The maximum absolute atomic E-state index is 13.0. The van der Waals surface area contributed by atoms with Gasteiger partial charge in [-0.2, -0.15) is 0 Å². The van der Waals surface area contributed by atoms with Crippen molar-refractivity contribution in [2.75, 3.05) is 13.1 Å². The minimum atomic E-state index is -0.634. The SMILES string of the molecule is CC1CC(C)CN(C(=O)C(C)Oc2ccc(F)cc2Cl)C1. The van der Waals surface area contributed by atoms with Gasteiger partial charge in [-0.1, -0.05) is 25.4 Å². The monoisotopic (exact) mass is 313 g/mol. The molecule has 2 rings (SSSR count). The Morgan fingerprint density at radius 2 is 2.00 bits per heavy atom. The van der Waals surface area contributed by atoms with Crippen molar-refractivity contribution in [3.05, 3.63) is 29.0 Å². The summed E-state index contributed by atoms with van der Waals surface area (Å²) in [6.07, 6.45) is 0.508. The van der Waals surface area contributed by atoms with Crippen molar-refractivity contribution in [1.29, 1.82) is 0 Å². The highest BCUT2D eigenvalue weighted by Crippen LogP contribution is 2.27. The van der Waals surface area contributed by atoms with E-state index >= 15 is 0 Å². The summed E-state index contributed by atoms with van der Waals surface area (Å²) in [6, 6.07) is 3.89. The van der Waals surface area contributed by atoms with Gasteiger partial charge in [-0.15, -0.1) is 0 Å². The average molecular weight is 314 g/mol. The zero-order valence-corrected chi connectivity index (χ0v) is 13.4. The first kappa shape index (κ1) is 16.1. The Bertz CT molecular complexity index is 513. The molecule has 1 aliphatic rings. The molecule has 3 unspecified atom stereocenters. The Labute approximate surface area is 130 Å². The van der Waals surface area contributed by atoms with Gasteiger partial charge in [-0.25, -0.2) is 4.39 Å². The Morgan fingerprint density at radius 3 is 2.57 bits per heavy atom. The number of rotatable bonds is 3. The molecule has 0 aliphatic carbocycles. The highest BCUT2D eigenvalue weighted by atomic mass is 35.5. The number of likely N-dealkylation sites (tertiary alicyclic amines) is 1. The van der Waals surface area contributed by atoms with E-state index in [4.69, 9.17) is 16.3 Å². The average Bonchev–Trinajstić information content (AvgIpc) is 2.40. The van der Waals surface area contributed by atoms with Crippen LogP contribution in [0.4, 0.5) is 4.39 Å². The number of amides is 1. The van der Waals surface area contributed by atoms with Crippen molar-refractivity contribution in [2.24, 2.45) is 11.8 Å². The molecule has 0 N–H and O–H groups in total. The Morgan fingerprint density at radius 1 is 1.38 bits per heavy atom. The van der Waals surface area contributed by atoms with Crippen LogP contribution in [0, 0.1) is 17.7 Å². The number of hydrogen-bond donors (Lipinski definition) is 0. The second kappa shape index (κ2) is 6.65. The number of hydrogen-bond acceptors (Lipinski definition) is 2. The molecule has 1 aliphatic heterocycles. The predicted octanol–water partition coefficient (Wildman–Crippen LogP) is 3.75. The first-order chi connectivity index (χ1) is 9.86. The van der Waals surface area contributed by atoms with Crippen LogP contribution >= 0.6 is 11.6 Å². The predicted molar refractivity (Wildman–Crippen MR) is 81.0 cm³/mol. The fourth-order valence-corrected chi connectivity index (χ4v) is 3.12. The van der Waals surface area contributed by atoms with E-state index in [1.165, 1.54) is 18.2 Å². The largest absolute Gasteiger partial charge is 0.479 e. The van der Waals surface area contributed by atoms with E-state index in [1.807, 2.05) is 4.90 Å². The summed E-state index contributed by atoms with van der Waals surface area (Å²) < 4.78 is 18.6. The summed E-state index contributed by atoms with van der Waals surface area (Å²) in [6.45, 7) is 7.52. The number of carbonyl (C=O) groups excluding carboxylic acids is 1. The summed E-state index contributed by atoms with van der Waals surface area (Å²) in [5.74, 6) is 0.856. The van der Waals surface area contributed by atoms with Crippen LogP contribution < -0.4 is 4.74 Å². The zero-order valence-electron chi connectivity index (χ0n) is 12.6. The van der Waals surface area contributed by atoms with Crippen molar-refractivity contribution in [3.63, 3.8) is 0 Å². The van der Waals surface area contributed by atoms with Crippen molar-refractivity contribution in [3.8, 4) is 5.75 Å². The lowest BCUT2D eigenvalue weighted by atomic mass is 9.91. The van der Waals surface area contributed by atoms with Crippen LogP contribution in [0.3, 0.4) is 0 Å². The lowest BCUT2D eigenvalue weighted by molar-refractivity contribution is -0.140. The third-order valence-electron chi connectivity index (χ3n) is 3.73. The molecule has 21 heavy (non-hydrogen) atoms. The van der Waals surface area contributed by atoms with E-state index in [9.17, 15) is 9.18 Å². The molecule has 1 heterocycles. The van der Waals surface area contributed by atoms with Gasteiger partial charge in [-0.05, 0) is 43.4 Å². The molecule has 3 atom stereocenters. The second-order valence-corrected chi connectivity index (χ2v) is 6.43. The van der Waals surface area contributed by atoms with E-state index in [0.29, 0.717) is 17.6 Å². The second-order valence-electron chi connectivity index (χ2n) is 6.02. The van der Waals surface area contributed by atoms with Crippen molar-refractivity contribution in [2.45, 2.75) is 33.3 Å². The summed E-state index contributed by atoms with van der Waals surface area (Å²) in [5, 5.41) is 0.176. The van der Waals surface area contributed by atoms with Crippen molar-refractivity contribution >= 4 is 17.5 Å². The molecular weight excluding hydrogens is 293 g/mol. The summed E-state index contributed by atoms with van der Waals surface area (Å²) in [5.41, 5.74) is 0. The minimum absolute atomic E-state index is 0.0474. The smallest absolute Gasteiger partial charge is 0.263 e. The fraction of sp³-hybridized carbons (Fsp3) is 0.562. The molecule has 0 bridgehead atoms. The molecule has 1 amide bonds. The quantitative estimate of drug-likeness (QED) is 0.850. The number of ether oxygens (including phenoxy) is 1. The van der Waals surface area contributed by atoms with Crippen LogP contribution in [0.5, 0.6) is 5.75 Å². The van der Waals surface area contributed by atoms with Crippen molar-refractivity contribution < 1.29 is 13.9 Å². The Balaban J connectivity index is 2.02. The first-order valence-corrected chi connectivity index (χ1v) is 7.65. The van der Waals surface area contributed by atoms with Crippen LogP contribution in [0.15, 0.2) is 18.2 Å². The van der Waals surface area contributed by atoms with Crippen LogP contribution in [0.1, 0.15) is 27.2 Å². The summed E-state index contributed by atoms with van der Waals surface area (Å²) in [7, 11) is 0. The molecule has 0 radical (unpaired) electrons. The minimum Gasteiger partial charge on any atom is -0.479 e. The number of carbonyl (C=O) groups is 1. The fourth-order valence-electron chi connectivity index (χ4n) is 2.91. The van der Waals surface area contributed by atoms with E-state index in [0.717, 1.165) is 19.5 Å². The van der Waals surface area contributed by atoms with Gasteiger partial charge in [0.25, 0.3) is 5.91 Å². The zero-order chi connectivity index (χ0) is 15.6. The van der Waals surface area contributed by atoms with Crippen LogP contribution in [-0.2, 0) is 4.79 Å². The highest BCUT2D eigenvalue weighted by Gasteiger charge is 2.29. The summed E-state index contributed by atoms with van der Waals surface area (Å²) in [4.78, 5) is 14.3. The molecule has 116 valence electrons. The third kappa shape index (κ3) is 4.10. The van der Waals surface area contributed by atoms with Crippen molar-refractivity contribution in [1.82, 2.24) is 4.90 Å². The normalized spacial score (nSPS) is 23.8. The van der Waals surface area contributed by atoms with Gasteiger partial charge in [0.2, 0.25) is 0 Å². The molecule has 0 aromatic heterocycles. The molecule has 1 saturated heterocycles. The summed E-state index contributed by atoms with van der Waals surface area (Å²) >= 11 is 5.92. The number of halogens is 2. The van der Waals surface area contributed by atoms with Crippen LogP contribution in [0.2, 0.25) is 5.02 Å². The van der Waals surface area contributed by atoms with Gasteiger partial charge in [0, 0.05) is 13.1 Å². The van der Waals surface area contributed by atoms with E-state index < -0.39 is 11.9 Å². The van der Waals surface area contributed by atoms with E-state index in [1.54, 1.807) is 6.92 Å². The molecule has 1 fully saturated rings. The molecule has 1 aromatic rings. The van der Waals surface area contributed by atoms with Gasteiger partial charge in [0.15, 0.2) is 6.10 Å². The third-order valence-corrected chi connectivity index (χ3v) is 4.02. The lowest BCUT2D eigenvalue weighted by Gasteiger charge is -2.36. The van der Waals surface area contributed by atoms with Gasteiger partial charge < -0.3 is 9.64 Å². The highest BCUT2D eigenvalue weighted by molar-refractivity contribution is 6.32. The van der Waals surface area contributed by atoms with Crippen LogP contribution in [-0.4, -0.2) is 30.0 Å². The molecule has 3 nitrogen and oxygen atoms in total. The molecule has 0 saturated carbocycles. The van der Waals surface area contributed by atoms with E-state index in [-0.39, 0.29) is 10.9 Å². The van der Waals surface area contributed by atoms with E-state index in [2.05, 4.69) is 13.8 Å². The number of piperidine rings is 1. The Kier molecular flexibility index (Phi) is 5.09. The van der Waals surface area contributed by atoms with Gasteiger partial charge >= 0.3 is 0 Å². The van der Waals surface area contributed by atoms with Gasteiger partial charge in [0.1, 0.15) is 11.6 Å². The number of nitrogens with zero attached hydrogens (tertiary/aromatic N) is 1. The lowest BCUT2D eigenvalue weighted by Crippen LogP contribution is -2.47. The first-order valence-electron chi connectivity index (χ1n) is 7.27. The maximum Gasteiger partial charge on any atom is 0.263 e. The maximum atomic E-state index is 13.0.